The van der Waals surface area contributed by atoms with Crippen molar-refractivity contribution in [1.29, 1.82) is 0 Å². The van der Waals surface area contributed by atoms with Crippen LogP contribution in [0.5, 0.6) is 0 Å². The summed E-state index contributed by atoms with van der Waals surface area (Å²) in [5.41, 5.74) is 9.18. The van der Waals surface area contributed by atoms with Gasteiger partial charge in [0.1, 0.15) is 6.04 Å². The molecule has 0 aromatic heterocycles. The molecule has 3 atom stereocenters. The first-order valence-electron chi connectivity index (χ1n) is 16.0. The van der Waals surface area contributed by atoms with Crippen molar-refractivity contribution in [2.45, 2.75) is 103 Å². The summed E-state index contributed by atoms with van der Waals surface area (Å²) in [5.74, 6) is -0.863. The maximum absolute atomic E-state index is 13.7. The predicted molar refractivity (Wildman–Crippen MR) is 175 cm³/mol. The van der Waals surface area contributed by atoms with E-state index in [9.17, 15) is 27.6 Å². The van der Waals surface area contributed by atoms with Crippen molar-refractivity contribution in [3.63, 3.8) is 0 Å². The van der Waals surface area contributed by atoms with E-state index in [1.54, 1.807) is 17.0 Å². The Hall–Kier alpha value is -3.11. The van der Waals surface area contributed by atoms with E-state index < -0.39 is 30.6 Å². The number of nitrogens with two attached hydrogens (primary N) is 1. The van der Waals surface area contributed by atoms with Crippen molar-refractivity contribution < 1.29 is 27.6 Å². The molecule has 0 spiro atoms. The molecule has 2 aliphatic rings. The monoisotopic (exact) mass is 664 g/mol. The first kappa shape index (κ1) is 37.3. The number of likely N-dealkylation sites (tertiary alicyclic amines) is 1. The van der Waals surface area contributed by atoms with Crippen molar-refractivity contribution in [3.05, 3.63) is 70.2 Å². The number of amides is 3. The molecule has 0 saturated carbocycles. The molecule has 1 fully saturated rings. The molecule has 1 aliphatic heterocycles. The second-order valence-electron chi connectivity index (χ2n) is 13.9. The van der Waals surface area contributed by atoms with Crippen LogP contribution < -0.4 is 16.4 Å². The summed E-state index contributed by atoms with van der Waals surface area (Å²) in [6, 6.07) is 13.8. The molecule has 1 heterocycles. The average Bonchev–Trinajstić information content (AvgIpc) is 2.97. The van der Waals surface area contributed by atoms with Gasteiger partial charge in [0, 0.05) is 42.5 Å². The standard InChI is InChI=1S/C30H37ClF3N3O2.C5H11NO/c1-29(13-4-14-30(32,33)34)15-17-37(18-16-29)28(39)25(19-20-7-10-22(31)11-8-20)36-27(38)24-12-9-21-5-2-3-6-23(21)26(24)35;1-5(2,3)6-4-7/h2-3,5-8,10-11,24-26H,4,9,12-19,35H2,1H3,(H,36,38);4H,1-3H3,(H,6,7)/t24?,25-,26?;/m1./s1. The van der Waals surface area contributed by atoms with E-state index in [1.807, 2.05) is 64.1 Å². The van der Waals surface area contributed by atoms with Crippen molar-refractivity contribution >= 4 is 29.8 Å². The number of nitrogens with zero attached hydrogens (tertiary/aromatic N) is 1. The maximum Gasteiger partial charge on any atom is 0.389 e. The topological polar surface area (TPSA) is 105 Å². The van der Waals surface area contributed by atoms with Crippen LogP contribution in [-0.4, -0.2) is 54.0 Å². The van der Waals surface area contributed by atoms with Crippen LogP contribution in [0.15, 0.2) is 48.5 Å². The number of hydrogen-bond acceptors (Lipinski definition) is 4. The third kappa shape index (κ3) is 11.6. The Morgan fingerprint density at radius 3 is 2.28 bits per heavy atom. The molecule has 254 valence electrons. The number of aryl methyl sites for hydroxylation is 1. The molecule has 0 bridgehead atoms. The predicted octanol–water partition coefficient (Wildman–Crippen LogP) is 6.52. The molecule has 3 amide bonds. The molecule has 4 rings (SSSR count). The van der Waals surface area contributed by atoms with Gasteiger partial charge in [0.2, 0.25) is 18.2 Å². The highest BCUT2D eigenvalue weighted by Gasteiger charge is 2.38. The summed E-state index contributed by atoms with van der Waals surface area (Å²) in [7, 11) is 0. The van der Waals surface area contributed by atoms with Crippen molar-refractivity contribution in [3.8, 4) is 0 Å². The number of benzene rings is 2. The minimum Gasteiger partial charge on any atom is -0.354 e. The molecule has 4 N–H and O–H groups in total. The second kappa shape index (κ2) is 16.1. The van der Waals surface area contributed by atoms with E-state index in [1.165, 1.54) is 0 Å². The van der Waals surface area contributed by atoms with Gasteiger partial charge in [-0.05, 0) is 93.5 Å². The number of carbonyl (C=O) groups is 3. The number of hydrogen-bond donors (Lipinski definition) is 3. The first-order valence-corrected chi connectivity index (χ1v) is 16.3. The molecule has 2 unspecified atom stereocenters. The quantitative estimate of drug-likeness (QED) is 0.266. The van der Waals surface area contributed by atoms with Crippen LogP contribution in [0.25, 0.3) is 0 Å². The number of alkyl halides is 3. The summed E-state index contributed by atoms with van der Waals surface area (Å²) in [6.45, 7) is 8.69. The second-order valence-corrected chi connectivity index (χ2v) is 14.3. The number of fused-ring (bicyclic) bond motifs is 1. The lowest BCUT2D eigenvalue weighted by Gasteiger charge is -2.41. The molecular formula is C35H48ClF3N4O3. The Balaban J connectivity index is 0.000000738. The molecule has 11 heteroatoms. The van der Waals surface area contributed by atoms with E-state index in [0.717, 1.165) is 23.1 Å². The van der Waals surface area contributed by atoms with Gasteiger partial charge >= 0.3 is 6.18 Å². The lowest BCUT2D eigenvalue weighted by molar-refractivity contribution is -0.140. The minimum atomic E-state index is -4.15. The van der Waals surface area contributed by atoms with E-state index >= 15 is 0 Å². The zero-order chi connectivity index (χ0) is 34.1. The summed E-state index contributed by atoms with van der Waals surface area (Å²) in [5, 5.41) is 6.20. The van der Waals surface area contributed by atoms with Gasteiger partial charge in [-0.25, -0.2) is 0 Å². The lowest BCUT2D eigenvalue weighted by atomic mass is 9.76. The first-order chi connectivity index (χ1) is 21.5. The minimum absolute atomic E-state index is 0.0677. The van der Waals surface area contributed by atoms with Crippen LogP contribution in [0.4, 0.5) is 13.2 Å². The van der Waals surface area contributed by atoms with Gasteiger partial charge < -0.3 is 21.3 Å². The van der Waals surface area contributed by atoms with Crippen LogP contribution in [0.1, 0.15) is 89.0 Å². The lowest BCUT2D eigenvalue weighted by Crippen LogP contribution is -2.54. The highest BCUT2D eigenvalue weighted by atomic mass is 35.5. The van der Waals surface area contributed by atoms with E-state index in [2.05, 4.69) is 10.6 Å². The Morgan fingerprint density at radius 1 is 1.09 bits per heavy atom. The van der Waals surface area contributed by atoms with Crippen LogP contribution in [0.3, 0.4) is 0 Å². The molecule has 2 aromatic rings. The van der Waals surface area contributed by atoms with Crippen LogP contribution >= 0.6 is 11.6 Å². The van der Waals surface area contributed by atoms with Gasteiger partial charge in [0.25, 0.3) is 0 Å². The van der Waals surface area contributed by atoms with Gasteiger partial charge in [-0.15, -0.1) is 0 Å². The average molecular weight is 665 g/mol. The van der Waals surface area contributed by atoms with Crippen LogP contribution in [-0.2, 0) is 27.2 Å². The smallest absolute Gasteiger partial charge is 0.354 e. The number of nitrogens with one attached hydrogen (secondary N) is 2. The molecule has 7 nitrogen and oxygen atoms in total. The molecule has 2 aromatic carbocycles. The van der Waals surface area contributed by atoms with Gasteiger partial charge in [-0.1, -0.05) is 54.9 Å². The summed E-state index contributed by atoms with van der Waals surface area (Å²) >= 11 is 6.04. The van der Waals surface area contributed by atoms with Crippen LogP contribution in [0, 0.1) is 11.3 Å². The molecular weight excluding hydrogens is 617 g/mol. The summed E-state index contributed by atoms with van der Waals surface area (Å²) < 4.78 is 37.9. The Kier molecular flexibility index (Phi) is 13.1. The number of piperidine rings is 1. The molecule has 46 heavy (non-hydrogen) atoms. The summed E-state index contributed by atoms with van der Waals surface area (Å²) in [6.07, 6.45) is -0.751. The van der Waals surface area contributed by atoms with Crippen LogP contribution in [0.2, 0.25) is 5.02 Å². The Morgan fingerprint density at radius 2 is 1.72 bits per heavy atom. The number of halogens is 4. The Labute approximate surface area is 275 Å². The van der Waals surface area contributed by atoms with Crippen molar-refractivity contribution in [1.82, 2.24) is 15.5 Å². The number of rotatable bonds is 9. The fraction of sp³-hybridized carbons (Fsp3) is 0.571. The molecule has 1 saturated heterocycles. The van der Waals surface area contributed by atoms with Crippen molar-refractivity contribution in [2.24, 2.45) is 17.1 Å². The zero-order valence-electron chi connectivity index (χ0n) is 27.3. The summed E-state index contributed by atoms with van der Waals surface area (Å²) in [4.78, 5) is 38.7. The maximum atomic E-state index is 13.7. The SMILES string of the molecule is CC(C)(C)NC=O.CC1(CCCC(F)(F)F)CCN(C(=O)[C@@H](Cc2ccc(Cl)cc2)NC(=O)C2CCc3ccccc3C2N)CC1. The molecule has 1 aliphatic carbocycles. The number of carbonyl (C=O) groups excluding carboxylic acids is 3. The van der Waals surface area contributed by atoms with Gasteiger partial charge in [0.05, 0.1) is 5.92 Å². The van der Waals surface area contributed by atoms with E-state index in [-0.39, 0.29) is 29.2 Å². The highest BCUT2D eigenvalue weighted by Crippen LogP contribution is 2.38. The van der Waals surface area contributed by atoms with Crippen molar-refractivity contribution in [2.75, 3.05) is 13.1 Å². The van der Waals surface area contributed by atoms with E-state index in [0.29, 0.717) is 56.6 Å². The third-order valence-electron chi connectivity index (χ3n) is 8.89. The fourth-order valence-corrected chi connectivity index (χ4v) is 6.18. The Bertz CT molecular complexity index is 1310. The largest absolute Gasteiger partial charge is 0.389 e. The van der Waals surface area contributed by atoms with Gasteiger partial charge in [0.15, 0.2) is 0 Å². The highest BCUT2D eigenvalue weighted by molar-refractivity contribution is 6.30. The molecule has 0 radical (unpaired) electrons. The third-order valence-corrected chi connectivity index (χ3v) is 9.14. The zero-order valence-corrected chi connectivity index (χ0v) is 28.0. The van der Waals surface area contributed by atoms with E-state index in [4.69, 9.17) is 17.3 Å². The fourth-order valence-electron chi connectivity index (χ4n) is 6.05. The van der Waals surface area contributed by atoms with Gasteiger partial charge in [-0.2, -0.15) is 13.2 Å². The van der Waals surface area contributed by atoms with Gasteiger partial charge in [-0.3, -0.25) is 14.4 Å². The normalized spacial score (nSPS) is 20.0.